The lowest BCUT2D eigenvalue weighted by atomic mass is 9.99. The summed E-state index contributed by atoms with van der Waals surface area (Å²) in [6, 6.07) is 24.4. The van der Waals surface area contributed by atoms with Gasteiger partial charge in [-0.05, 0) is 48.8 Å². The average Bonchev–Trinajstić information content (AvgIpc) is 3.21. The smallest absolute Gasteiger partial charge is 0.252 e. The highest BCUT2D eigenvalue weighted by Crippen LogP contribution is 2.30. The largest absolute Gasteiger partial charge is 0.352 e. The maximum atomic E-state index is 13.2. The van der Waals surface area contributed by atoms with Gasteiger partial charge in [0.1, 0.15) is 0 Å². The van der Waals surface area contributed by atoms with Crippen LogP contribution < -0.4 is 5.32 Å². The van der Waals surface area contributed by atoms with Crippen LogP contribution in [0.2, 0.25) is 0 Å². The first kappa shape index (κ1) is 18.8. The Morgan fingerprint density at radius 1 is 1.03 bits per heavy atom. The van der Waals surface area contributed by atoms with Gasteiger partial charge in [-0.1, -0.05) is 60.7 Å². The van der Waals surface area contributed by atoms with Gasteiger partial charge in [-0.25, -0.2) is 4.98 Å². The molecular weight excluding hydrogens is 370 g/mol. The van der Waals surface area contributed by atoms with Gasteiger partial charge in [0.05, 0.1) is 16.8 Å². The van der Waals surface area contributed by atoms with E-state index in [0.29, 0.717) is 18.0 Å². The van der Waals surface area contributed by atoms with E-state index in [1.807, 2.05) is 48.5 Å². The van der Waals surface area contributed by atoms with Crippen LogP contribution in [0.3, 0.4) is 0 Å². The van der Waals surface area contributed by atoms with Crippen LogP contribution in [-0.2, 0) is 0 Å². The Morgan fingerprint density at radius 3 is 2.63 bits per heavy atom. The van der Waals surface area contributed by atoms with E-state index in [9.17, 15) is 4.79 Å². The van der Waals surface area contributed by atoms with Crippen molar-refractivity contribution in [3.63, 3.8) is 0 Å². The van der Waals surface area contributed by atoms with Crippen molar-refractivity contribution in [2.75, 3.05) is 26.7 Å². The average molecular weight is 396 g/mol. The van der Waals surface area contributed by atoms with Crippen molar-refractivity contribution in [2.24, 2.45) is 5.92 Å². The molecule has 1 fully saturated rings. The molecule has 1 saturated heterocycles. The molecule has 1 N–H and O–H groups in total. The number of para-hydroxylation sites is 1. The van der Waals surface area contributed by atoms with Gasteiger partial charge in [0.2, 0.25) is 0 Å². The lowest BCUT2D eigenvalue weighted by Crippen LogP contribution is -2.30. The minimum Gasteiger partial charge on any atom is -0.352 e. The van der Waals surface area contributed by atoms with E-state index in [2.05, 4.69) is 41.5 Å². The molecule has 3 aromatic carbocycles. The quantitative estimate of drug-likeness (QED) is 0.543. The number of carbonyl (C=O) groups excluding carboxylic acids is 1. The Hall–Kier alpha value is -3.24. The highest BCUT2D eigenvalue weighted by Gasteiger charge is 2.21. The number of fused-ring (bicyclic) bond motifs is 2. The van der Waals surface area contributed by atoms with E-state index < -0.39 is 0 Å². The number of carbonyl (C=O) groups is 1. The normalized spacial score (nSPS) is 16.9. The molecule has 1 unspecified atom stereocenters. The molecule has 1 atom stereocenters. The first-order valence-electron chi connectivity index (χ1n) is 10.5. The minimum atomic E-state index is -0.0235. The molecule has 30 heavy (non-hydrogen) atoms. The topological polar surface area (TPSA) is 45.2 Å². The van der Waals surface area contributed by atoms with Gasteiger partial charge in [-0.3, -0.25) is 4.79 Å². The zero-order chi connectivity index (χ0) is 20.5. The second kappa shape index (κ2) is 7.88. The van der Waals surface area contributed by atoms with Gasteiger partial charge in [0.15, 0.2) is 0 Å². The number of hydrogen-bond donors (Lipinski definition) is 1. The molecular formula is C26H25N3O. The molecule has 0 saturated carbocycles. The van der Waals surface area contributed by atoms with E-state index in [0.717, 1.165) is 47.1 Å². The van der Waals surface area contributed by atoms with E-state index in [4.69, 9.17) is 4.98 Å². The molecule has 0 bridgehead atoms. The Morgan fingerprint density at radius 2 is 1.80 bits per heavy atom. The maximum Gasteiger partial charge on any atom is 0.252 e. The monoisotopic (exact) mass is 395 g/mol. The van der Waals surface area contributed by atoms with Gasteiger partial charge in [-0.15, -0.1) is 0 Å². The van der Waals surface area contributed by atoms with Crippen molar-refractivity contribution < 1.29 is 4.79 Å². The first-order chi connectivity index (χ1) is 14.7. The third-order valence-electron chi connectivity index (χ3n) is 6.07. The van der Waals surface area contributed by atoms with Crippen LogP contribution in [0.5, 0.6) is 0 Å². The van der Waals surface area contributed by atoms with Gasteiger partial charge >= 0.3 is 0 Å². The van der Waals surface area contributed by atoms with Crippen LogP contribution in [0, 0.1) is 5.92 Å². The summed E-state index contributed by atoms with van der Waals surface area (Å²) in [5.41, 5.74) is 3.41. The number of rotatable bonds is 4. The Kier molecular flexibility index (Phi) is 4.93. The molecule has 4 aromatic rings. The Labute approximate surface area is 176 Å². The summed E-state index contributed by atoms with van der Waals surface area (Å²) in [4.78, 5) is 20.4. The molecule has 4 heteroatoms. The summed E-state index contributed by atoms with van der Waals surface area (Å²) < 4.78 is 0. The van der Waals surface area contributed by atoms with Gasteiger partial charge < -0.3 is 10.2 Å². The predicted molar refractivity (Wildman–Crippen MR) is 123 cm³/mol. The van der Waals surface area contributed by atoms with Gasteiger partial charge in [0, 0.05) is 24.0 Å². The number of nitrogens with zero attached hydrogens (tertiary/aromatic N) is 2. The van der Waals surface area contributed by atoms with E-state index >= 15 is 0 Å². The van der Waals surface area contributed by atoms with Crippen molar-refractivity contribution >= 4 is 27.6 Å². The summed E-state index contributed by atoms with van der Waals surface area (Å²) >= 11 is 0. The molecule has 4 nitrogen and oxygen atoms in total. The molecule has 1 aromatic heterocycles. The lowest BCUT2D eigenvalue weighted by Gasteiger charge is -2.14. The van der Waals surface area contributed by atoms with E-state index in [1.54, 1.807) is 0 Å². The lowest BCUT2D eigenvalue weighted by molar-refractivity contribution is 0.0949. The Bertz CT molecular complexity index is 1230. The summed E-state index contributed by atoms with van der Waals surface area (Å²) in [6.07, 6.45) is 1.13. The fourth-order valence-electron chi connectivity index (χ4n) is 4.48. The van der Waals surface area contributed by atoms with Crippen LogP contribution in [-0.4, -0.2) is 42.5 Å². The molecule has 150 valence electrons. The minimum absolute atomic E-state index is 0.0235. The zero-order valence-electron chi connectivity index (χ0n) is 17.1. The Balaban J connectivity index is 1.55. The molecule has 1 aliphatic rings. The highest BCUT2D eigenvalue weighted by molar-refractivity contribution is 6.08. The third kappa shape index (κ3) is 3.55. The number of aromatic nitrogens is 1. The van der Waals surface area contributed by atoms with Crippen LogP contribution in [0.1, 0.15) is 16.8 Å². The third-order valence-corrected chi connectivity index (χ3v) is 6.07. The van der Waals surface area contributed by atoms with Crippen molar-refractivity contribution in [1.82, 2.24) is 15.2 Å². The fourth-order valence-corrected chi connectivity index (χ4v) is 4.48. The van der Waals surface area contributed by atoms with Crippen LogP contribution in [0.25, 0.3) is 32.9 Å². The molecule has 2 heterocycles. The van der Waals surface area contributed by atoms with Gasteiger partial charge in [-0.2, -0.15) is 0 Å². The van der Waals surface area contributed by atoms with Crippen molar-refractivity contribution in [3.05, 3.63) is 78.4 Å². The maximum absolute atomic E-state index is 13.2. The fraction of sp³-hybridized carbons (Fsp3) is 0.231. The SMILES string of the molecule is CN1CCC(CNC(=O)c2cc(-c3cccc4ccccc34)nc3ccccc23)C1. The standard InChI is InChI=1S/C26H25N3O/c1-29-14-13-18(17-29)16-27-26(30)23-15-25(28-24-12-5-4-10-22(23)24)21-11-6-8-19-7-2-3-9-20(19)21/h2-12,15,18H,13-14,16-17H2,1H3,(H,27,30). The molecule has 1 aliphatic heterocycles. The van der Waals surface area contributed by atoms with Gasteiger partial charge in [0.25, 0.3) is 5.91 Å². The number of nitrogens with one attached hydrogen (secondary N) is 1. The predicted octanol–water partition coefficient (Wildman–Crippen LogP) is 4.74. The number of hydrogen-bond acceptors (Lipinski definition) is 3. The molecule has 5 rings (SSSR count). The van der Waals surface area contributed by atoms with Crippen molar-refractivity contribution in [2.45, 2.75) is 6.42 Å². The van der Waals surface area contributed by atoms with Crippen LogP contribution in [0.15, 0.2) is 72.8 Å². The second-order valence-corrected chi connectivity index (χ2v) is 8.23. The summed E-state index contributed by atoms with van der Waals surface area (Å²) in [5, 5.41) is 6.38. The van der Waals surface area contributed by atoms with E-state index in [-0.39, 0.29) is 5.91 Å². The zero-order valence-corrected chi connectivity index (χ0v) is 17.1. The molecule has 0 aliphatic carbocycles. The molecule has 1 amide bonds. The summed E-state index contributed by atoms with van der Waals surface area (Å²) in [5.74, 6) is 0.495. The van der Waals surface area contributed by atoms with Crippen LogP contribution in [0.4, 0.5) is 0 Å². The van der Waals surface area contributed by atoms with E-state index in [1.165, 1.54) is 5.39 Å². The summed E-state index contributed by atoms with van der Waals surface area (Å²) in [7, 11) is 2.13. The van der Waals surface area contributed by atoms with Crippen molar-refractivity contribution in [1.29, 1.82) is 0 Å². The highest BCUT2D eigenvalue weighted by atomic mass is 16.1. The molecule has 0 radical (unpaired) electrons. The number of benzene rings is 3. The van der Waals surface area contributed by atoms with Crippen LogP contribution >= 0.6 is 0 Å². The number of amides is 1. The molecule has 0 spiro atoms. The second-order valence-electron chi connectivity index (χ2n) is 8.23. The number of pyridine rings is 1. The summed E-state index contributed by atoms with van der Waals surface area (Å²) in [6.45, 7) is 2.85. The first-order valence-corrected chi connectivity index (χ1v) is 10.5. The number of likely N-dealkylation sites (tertiary alicyclic amines) is 1. The van der Waals surface area contributed by atoms with Crippen molar-refractivity contribution in [3.8, 4) is 11.3 Å².